The molecular formula is C11H10N4O2. The van der Waals surface area contributed by atoms with Gasteiger partial charge in [0.15, 0.2) is 5.82 Å². The number of nitrogens with one attached hydrogen (secondary N) is 2. The van der Waals surface area contributed by atoms with Crippen molar-refractivity contribution in [2.24, 2.45) is 0 Å². The fraction of sp³-hybridized carbons (Fsp3) is 0.0909. The van der Waals surface area contributed by atoms with E-state index < -0.39 is 5.56 Å². The smallest absolute Gasteiger partial charge is 0.306 e. The molecule has 17 heavy (non-hydrogen) atoms. The largest absolute Gasteiger partial charge is 0.307 e. The van der Waals surface area contributed by atoms with Gasteiger partial charge in [0.1, 0.15) is 0 Å². The maximum atomic E-state index is 11.3. The first-order chi connectivity index (χ1) is 8.16. The number of benzene rings is 1. The number of carbonyl (C=O) groups excluding carboxylic acids is 1. The van der Waals surface area contributed by atoms with Gasteiger partial charge in [0.2, 0.25) is 11.7 Å². The highest BCUT2D eigenvalue weighted by Crippen LogP contribution is 2.12. The van der Waals surface area contributed by atoms with Crippen LogP contribution in [0.5, 0.6) is 0 Å². The van der Waals surface area contributed by atoms with Gasteiger partial charge in [-0.1, -0.05) is 30.3 Å². The number of nitrogens with zero attached hydrogens (tertiary/aromatic N) is 2. The summed E-state index contributed by atoms with van der Waals surface area (Å²) in [5.41, 5.74) is 0.232. The van der Waals surface area contributed by atoms with Crippen LogP contribution in [0, 0.1) is 0 Å². The van der Waals surface area contributed by atoms with Gasteiger partial charge < -0.3 is 5.32 Å². The molecule has 1 aromatic carbocycles. The van der Waals surface area contributed by atoms with E-state index in [0.717, 1.165) is 5.56 Å². The van der Waals surface area contributed by atoms with Crippen molar-refractivity contribution < 1.29 is 4.79 Å². The standard InChI is InChI=1S/C11H10N4O2/c1-7(16)12-10-11(17)15-14-9(13-10)8-5-3-2-4-6-8/h2-6H,1H3,(H,15,17)(H,12,13,14,16). The Morgan fingerprint density at radius 1 is 1.29 bits per heavy atom. The number of rotatable bonds is 2. The molecule has 2 aromatic rings. The topological polar surface area (TPSA) is 87.7 Å². The third kappa shape index (κ3) is 2.54. The lowest BCUT2D eigenvalue weighted by atomic mass is 10.2. The number of aromatic amines is 1. The molecule has 2 rings (SSSR count). The molecule has 0 fully saturated rings. The highest BCUT2D eigenvalue weighted by atomic mass is 16.2. The van der Waals surface area contributed by atoms with E-state index in [0.29, 0.717) is 5.82 Å². The molecule has 0 unspecified atom stereocenters. The summed E-state index contributed by atoms with van der Waals surface area (Å²) >= 11 is 0. The quantitative estimate of drug-likeness (QED) is 0.798. The maximum absolute atomic E-state index is 11.3. The average molecular weight is 230 g/mol. The van der Waals surface area contributed by atoms with Crippen molar-refractivity contribution in [3.05, 3.63) is 40.7 Å². The van der Waals surface area contributed by atoms with Crippen molar-refractivity contribution in [3.63, 3.8) is 0 Å². The second-order valence-corrected chi connectivity index (χ2v) is 3.38. The van der Waals surface area contributed by atoms with Crippen LogP contribution in [0.3, 0.4) is 0 Å². The zero-order valence-electron chi connectivity index (χ0n) is 9.10. The first-order valence-corrected chi connectivity index (χ1v) is 4.96. The molecule has 0 radical (unpaired) electrons. The molecule has 0 saturated heterocycles. The summed E-state index contributed by atoms with van der Waals surface area (Å²) in [6.45, 7) is 1.31. The van der Waals surface area contributed by atoms with Crippen LogP contribution in [0.1, 0.15) is 6.92 Å². The Morgan fingerprint density at radius 2 is 2.00 bits per heavy atom. The summed E-state index contributed by atoms with van der Waals surface area (Å²) in [6.07, 6.45) is 0. The Hall–Kier alpha value is -2.50. The maximum Gasteiger partial charge on any atom is 0.307 e. The fourth-order valence-electron chi connectivity index (χ4n) is 1.31. The van der Waals surface area contributed by atoms with E-state index in [1.165, 1.54) is 6.92 Å². The number of carbonyl (C=O) groups is 1. The molecule has 1 aromatic heterocycles. The third-order valence-corrected chi connectivity index (χ3v) is 2.02. The van der Waals surface area contributed by atoms with Crippen LogP contribution in [0.4, 0.5) is 5.82 Å². The zero-order chi connectivity index (χ0) is 12.3. The Bertz CT molecular complexity index is 592. The molecule has 0 saturated carbocycles. The van der Waals surface area contributed by atoms with E-state index in [1.807, 2.05) is 30.3 Å². The van der Waals surface area contributed by atoms with E-state index in [9.17, 15) is 9.59 Å². The van der Waals surface area contributed by atoms with E-state index in [2.05, 4.69) is 20.5 Å². The van der Waals surface area contributed by atoms with E-state index in [-0.39, 0.29) is 11.7 Å². The van der Waals surface area contributed by atoms with Crippen LogP contribution in [-0.2, 0) is 4.79 Å². The minimum atomic E-state index is -0.528. The van der Waals surface area contributed by atoms with Gasteiger partial charge >= 0.3 is 5.56 Å². The van der Waals surface area contributed by atoms with Gasteiger partial charge in [-0.3, -0.25) is 9.59 Å². The minimum Gasteiger partial charge on any atom is -0.306 e. The van der Waals surface area contributed by atoms with Crippen molar-refractivity contribution in [1.29, 1.82) is 0 Å². The van der Waals surface area contributed by atoms with Gasteiger partial charge in [-0.25, -0.2) is 10.1 Å². The van der Waals surface area contributed by atoms with Gasteiger partial charge in [0.05, 0.1) is 0 Å². The van der Waals surface area contributed by atoms with Crippen LogP contribution in [0.2, 0.25) is 0 Å². The van der Waals surface area contributed by atoms with Crippen molar-refractivity contribution in [2.45, 2.75) is 6.92 Å². The van der Waals surface area contributed by atoms with Crippen LogP contribution < -0.4 is 10.9 Å². The molecule has 0 atom stereocenters. The number of anilines is 1. The van der Waals surface area contributed by atoms with Crippen LogP contribution in [0.15, 0.2) is 35.1 Å². The molecule has 6 nitrogen and oxygen atoms in total. The molecular weight excluding hydrogens is 220 g/mol. The number of aromatic nitrogens is 3. The Morgan fingerprint density at radius 3 is 2.65 bits per heavy atom. The SMILES string of the molecule is CC(=O)Nc1nc(-c2ccccc2)n[nH]c1=O. The van der Waals surface area contributed by atoms with Crippen molar-refractivity contribution in [1.82, 2.24) is 15.2 Å². The zero-order valence-corrected chi connectivity index (χ0v) is 9.10. The van der Waals surface area contributed by atoms with Gasteiger partial charge in [-0.05, 0) is 0 Å². The van der Waals surface area contributed by atoms with Crippen molar-refractivity contribution in [3.8, 4) is 11.4 Å². The van der Waals surface area contributed by atoms with E-state index in [4.69, 9.17) is 0 Å². The van der Waals surface area contributed by atoms with Gasteiger partial charge in [0, 0.05) is 12.5 Å². The Balaban J connectivity index is 2.44. The summed E-state index contributed by atoms with van der Waals surface area (Å²) in [5.74, 6) is -0.0477. The summed E-state index contributed by atoms with van der Waals surface area (Å²) < 4.78 is 0. The second kappa shape index (κ2) is 4.56. The predicted molar refractivity (Wildman–Crippen MR) is 62.4 cm³/mol. The van der Waals surface area contributed by atoms with Crippen LogP contribution >= 0.6 is 0 Å². The normalized spacial score (nSPS) is 9.94. The van der Waals surface area contributed by atoms with Gasteiger partial charge in [0.25, 0.3) is 0 Å². The van der Waals surface area contributed by atoms with E-state index in [1.54, 1.807) is 0 Å². The summed E-state index contributed by atoms with van der Waals surface area (Å²) in [7, 11) is 0. The Kier molecular flexibility index (Phi) is 2.95. The highest BCUT2D eigenvalue weighted by Gasteiger charge is 2.07. The summed E-state index contributed by atoms with van der Waals surface area (Å²) in [5, 5.41) is 8.46. The van der Waals surface area contributed by atoms with Gasteiger partial charge in [-0.2, -0.15) is 5.10 Å². The molecule has 1 amide bonds. The van der Waals surface area contributed by atoms with E-state index >= 15 is 0 Å². The lowest BCUT2D eigenvalue weighted by Crippen LogP contribution is -2.20. The number of amides is 1. The lowest BCUT2D eigenvalue weighted by Gasteiger charge is -2.02. The molecule has 0 aliphatic heterocycles. The average Bonchev–Trinajstić information content (AvgIpc) is 2.32. The summed E-state index contributed by atoms with van der Waals surface area (Å²) in [6, 6.07) is 9.16. The van der Waals surface area contributed by atoms with Crippen LogP contribution in [0.25, 0.3) is 11.4 Å². The van der Waals surface area contributed by atoms with Crippen molar-refractivity contribution in [2.75, 3.05) is 5.32 Å². The molecule has 1 heterocycles. The molecule has 0 aliphatic carbocycles. The second-order valence-electron chi connectivity index (χ2n) is 3.38. The molecule has 0 bridgehead atoms. The molecule has 6 heteroatoms. The first-order valence-electron chi connectivity index (χ1n) is 4.96. The van der Waals surface area contributed by atoms with Crippen LogP contribution in [-0.4, -0.2) is 21.1 Å². The van der Waals surface area contributed by atoms with Crippen molar-refractivity contribution >= 4 is 11.7 Å². The first kappa shape index (κ1) is 11.0. The number of hydrogen-bond acceptors (Lipinski definition) is 4. The Labute approximate surface area is 96.7 Å². The number of hydrogen-bond donors (Lipinski definition) is 2. The molecule has 0 aliphatic rings. The molecule has 0 spiro atoms. The monoisotopic (exact) mass is 230 g/mol. The predicted octanol–water partition coefficient (Wildman–Crippen LogP) is 0.790. The lowest BCUT2D eigenvalue weighted by molar-refractivity contribution is -0.114. The third-order valence-electron chi connectivity index (χ3n) is 2.02. The molecule has 2 N–H and O–H groups in total. The number of H-pyrrole nitrogens is 1. The minimum absolute atomic E-state index is 0.0497. The summed E-state index contributed by atoms with van der Waals surface area (Å²) in [4.78, 5) is 26.2. The molecule has 86 valence electrons. The fourth-order valence-corrected chi connectivity index (χ4v) is 1.31. The highest BCUT2D eigenvalue weighted by molar-refractivity contribution is 5.87. The van der Waals surface area contributed by atoms with Gasteiger partial charge in [-0.15, -0.1) is 0 Å².